The molecule has 0 bridgehead atoms. The number of carboxylic acid groups (broad SMARTS) is 1. The number of rotatable bonds is 5. The Morgan fingerprint density at radius 2 is 1.96 bits per heavy atom. The first-order valence-electron chi connectivity index (χ1n) is 7.45. The summed E-state index contributed by atoms with van der Waals surface area (Å²) in [5.41, 5.74) is 5.49. The van der Waals surface area contributed by atoms with Crippen molar-refractivity contribution >= 4 is 17.8 Å². The fraction of sp³-hybridized carbons (Fsp3) is 0.438. The molecular formula is C16H20N2O5. The summed E-state index contributed by atoms with van der Waals surface area (Å²) in [6, 6.07) is 5.29. The zero-order valence-electron chi connectivity index (χ0n) is 12.9. The van der Waals surface area contributed by atoms with Crippen molar-refractivity contribution in [1.29, 1.82) is 0 Å². The average Bonchev–Trinajstić information content (AvgIpc) is 2.52. The number of likely N-dealkylation sites (tertiary alicyclic amines) is 1. The van der Waals surface area contributed by atoms with Gasteiger partial charge in [0.1, 0.15) is 11.8 Å². The zero-order valence-corrected chi connectivity index (χ0v) is 12.9. The standard InChI is InChI=1S/C16H20N2O5/c1-10-3-2-8-18(14(10)16(21)22)13(19)9-23-12-6-4-11(5-7-12)15(17)20/h4-7,10,14H,2-3,8-9H2,1H3,(H2,17,20)(H,21,22)/t10-,14+/m1/s1. The number of hydrogen-bond donors (Lipinski definition) is 2. The maximum Gasteiger partial charge on any atom is 0.326 e. The first kappa shape index (κ1) is 16.8. The minimum Gasteiger partial charge on any atom is -0.484 e. The van der Waals surface area contributed by atoms with Crippen molar-refractivity contribution in [3.63, 3.8) is 0 Å². The number of primary amides is 1. The number of benzene rings is 1. The molecule has 7 nitrogen and oxygen atoms in total. The second-order valence-corrected chi connectivity index (χ2v) is 5.67. The highest BCUT2D eigenvalue weighted by molar-refractivity contribution is 5.92. The summed E-state index contributed by atoms with van der Waals surface area (Å²) in [7, 11) is 0. The van der Waals surface area contributed by atoms with E-state index in [1.54, 1.807) is 12.1 Å². The summed E-state index contributed by atoms with van der Waals surface area (Å²) in [6.45, 7) is 2.01. The number of piperidine rings is 1. The maximum atomic E-state index is 12.3. The molecule has 7 heteroatoms. The van der Waals surface area contributed by atoms with Gasteiger partial charge in [-0.1, -0.05) is 6.92 Å². The van der Waals surface area contributed by atoms with Crippen LogP contribution in [0.1, 0.15) is 30.1 Å². The molecule has 0 unspecified atom stereocenters. The van der Waals surface area contributed by atoms with E-state index in [2.05, 4.69) is 0 Å². The number of ether oxygens (including phenoxy) is 1. The van der Waals surface area contributed by atoms with Gasteiger partial charge in [0.15, 0.2) is 6.61 Å². The smallest absolute Gasteiger partial charge is 0.326 e. The van der Waals surface area contributed by atoms with Crippen LogP contribution in [0.2, 0.25) is 0 Å². The molecular weight excluding hydrogens is 300 g/mol. The van der Waals surface area contributed by atoms with E-state index < -0.39 is 17.9 Å². The molecule has 1 aliphatic rings. The predicted molar refractivity (Wildman–Crippen MR) is 82.0 cm³/mol. The van der Waals surface area contributed by atoms with Gasteiger partial charge in [0.25, 0.3) is 5.91 Å². The van der Waals surface area contributed by atoms with Crippen LogP contribution in [-0.4, -0.2) is 47.0 Å². The molecule has 0 spiro atoms. The molecule has 0 aliphatic carbocycles. The summed E-state index contributed by atoms with van der Waals surface area (Å²) >= 11 is 0. The minimum atomic E-state index is -0.989. The molecule has 1 aromatic rings. The number of aliphatic carboxylic acids is 1. The normalized spacial score (nSPS) is 20.8. The van der Waals surface area contributed by atoms with Gasteiger partial charge in [-0.15, -0.1) is 0 Å². The van der Waals surface area contributed by atoms with E-state index in [0.29, 0.717) is 17.9 Å². The number of carboxylic acids is 1. The van der Waals surface area contributed by atoms with E-state index in [4.69, 9.17) is 10.5 Å². The topological polar surface area (TPSA) is 110 Å². The SMILES string of the molecule is C[C@@H]1CCCN(C(=O)COc2ccc(C(N)=O)cc2)[C@@H]1C(=O)O. The van der Waals surface area contributed by atoms with Gasteiger partial charge in [-0.2, -0.15) is 0 Å². The van der Waals surface area contributed by atoms with E-state index in [0.717, 1.165) is 12.8 Å². The Morgan fingerprint density at radius 1 is 1.30 bits per heavy atom. The second kappa shape index (κ2) is 7.13. The molecule has 124 valence electrons. The van der Waals surface area contributed by atoms with Crippen molar-refractivity contribution in [2.24, 2.45) is 11.7 Å². The maximum absolute atomic E-state index is 12.3. The number of nitrogens with two attached hydrogens (primary N) is 1. The summed E-state index contributed by atoms with van der Waals surface area (Å²) in [4.78, 5) is 36.0. The number of nitrogens with zero attached hydrogens (tertiary/aromatic N) is 1. The fourth-order valence-corrected chi connectivity index (χ4v) is 2.79. The van der Waals surface area contributed by atoms with Crippen molar-refractivity contribution in [1.82, 2.24) is 4.90 Å². The highest BCUT2D eigenvalue weighted by atomic mass is 16.5. The Balaban J connectivity index is 1.98. The van der Waals surface area contributed by atoms with Crippen LogP contribution in [0, 0.1) is 5.92 Å². The van der Waals surface area contributed by atoms with E-state index >= 15 is 0 Å². The molecule has 2 amide bonds. The summed E-state index contributed by atoms with van der Waals surface area (Å²) in [5.74, 6) is -1.56. The monoisotopic (exact) mass is 320 g/mol. The Kier molecular flexibility index (Phi) is 5.20. The first-order valence-corrected chi connectivity index (χ1v) is 7.45. The van der Waals surface area contributed by atoms with Crippen LogP contribution in [0.5, 0.6) is 5.75 Å². The molecule has 1 saturated heterocycles. The van der Waals surface area contributed by atoms with Crippen LogP contribution in [-0.2, 0) is 9.59 Å². The number of amides is 2. The van der Waals surface area contributed by atoms with E-state index in [9.17, 15) is 19.5 Å². The van der Waals surface area contributed by atoms with Crippen LogP contribution in [0.4, 0.5) is 0 Å². The number of hydrogen-bond acceptors (Lipinski definition) is 4. The van der Waals surface area contributed by atoms with Gasteiger partial charge in [-0.3, -0.25) is 9.59 Å². The van der Waals surface area contributed by atoms with E-state index in [1.807, 2.05) is 6.92 Å². The third-order valence-corrected chi connectivity index (χ3v) is 4.01. The predicted octanol–water partition coefficient (Wildman–Crippen LogP) is 0.876. The van der Waals surface area contributed by atoms with Crippen LogP contribution in [0.15, 0.2) is 24.3 Å². The quantitative estimate of drug-likeness (QED) is 0.836. The first-order chi connectivity index (χ1) is 10.9. The molecule has 1 fully saturated rings. The third kappa shape index (κ3) is 4.00. The van der Waals surface area contributed by atoms with Gasteiger partial charge in [-0.25, -0.2) is 4.79 Å². The van der Waals surface area contributed by atoms with E-state index in [1.165, 1.54) is 17.0 Å². The van der Waals surface area contributed by atoms with Crippen LogP contribution in [0.25, 0.3) is 0 Å². The fourth-order valence-electron chi connectivity index (χ4n) is 2.79. The molecule has 2 rings (SSSR count). The van der Waals surface area contributed by atoms with Gasteiger partial charge in [0.2, 0.25) is 5.91 Å². The van der Waals surface area contributed by atoms with Gasteiger partial charge in [0, 0.05) is 12.1 Å². The minimum absolute atomic E-state index is 0.0833. The summed E-state index contributed by atoms with van der Waals surface area (Å²) < 4.78 is 5.38. The Labute approximate surface area is 134 Å². The Bertz CT molecular complexity index is 599. The molecule has 2 atom stereocenters. The largest absolute Gasteiger partial charge is 0.484 e. The molecule has 3 N–H and O–H groups in total. The molecule has 0 radical (unpaired) electrons. The Hall–Kier alpha value is -2.57. The highest BCUT2D eigenvalue weighted by Crippen LogP contribution is 2.24. The van der Waals surface area contributed by atoms with Crippen molar-refractivity contribution in [3.8, 4) is 5.75 Å². The van der Waals surface area contributed by atoms with Crippen LogP contribution < -0.4 is 10.5 Å². The third-order valence-electron chi connectivity index (χ3n) is 4.01. The lowest BCUT2D eigenvalue weighted by atomic mass is 9.91. The van der Waals surface area contributed by atoms with Crippen LogP contribution in [0.3, 0.4) is 0 Å². The van der Waals surface area contributed by atoms with Gasteiger partial charge in [-0.05, 0) is 43.0 Å². The van der Waals surface area contributed by atoms with Crippen molar-refractivity contribution in [3.05, 3.63) is 29.8 Å². The summed E-state index contributed by atoms with van der Waals surface area (Å²) in [6.07, 6.45) is 1.57. The molecule has 0 saturated carbocycles. The highest BCUT2D eigenvalue weighted by Gasteiger charge is 2.36. The average molecular weight is 320 g/mol. The number of carbonyl (C=O) groups is 3. The molecule has 1 aliphatic heterocycles. The molecule has 1 heterocycles. The van der Waals surface area contributed by atoms with Gasteiger partial charge in [0.05, 0.1) is 0 Å². The summed E-state index contributed by atoms with van der Waals surface area (Å²) in [5, 5.41) is 9.32. The lowest BCUT2D eigenvalue weighted by Crippen LogP contribution is -2.53. The van der Waals surface area contributed by atoms with Gasteiger partial charge < -0.3 is 20.5 Å². The van der Waals surface area contributed by atoms with Crippen LogP contribution >= 0.6 is 0 Å². The van der Waals surface area contributed by atoms with E-state index in [-0.39, 0.29) is 18.4 Å². The molecule has 1 aromatic carbocycles. The lowest BCUT2D eigenvalue weighted by Gasteiger charge is -2.37. The molecule has 23 heavy (non-hydrogen) atoms. The van der Waals surface area contributed by atoms with Crippen molar-refractivity contribution in [2.75, 3.05) is 13.2 Å². The lowest BCUT2D eigenvalue weighted by molar-refractivity contribution is -0.155. The number of carbonyl (C=O) groups excluding carboxylic acids is 2. The van der Waals surface area contributed by atoms with Crippen molar-refractivity contribution in [2.45, 2.75) is 25.8 Å². The molecule has 0 aromatic heterocycles. The van der Waals surface area contributed by atoms with Crippen molar-refractivity contribution < 1.29 is 24.2 Å². The zero-order chi connectivity index (χ0) is 17.0. The second-order valence-electron chi connectivity index (χ2n) is 5.67. The Morgan fingerprint density at radius 3 is 2.52 bits per heavy atom. The van der Waals surface area contributed by atoms with Gasteiger partial charge >= 0.3 is 5.97 Å².